The van der Waals surface area contributed by atoms with E-state index in [1.807, 2.05) is 0 Å². The van der Waals surface area contributed by atoms with Crippen molar-refractivity contribution in [1.82, 2.24) is 0 Å². The molecule has 2 aromatic rings. The van der Waals surface area contributed by atoms with Gasteiger partial charge in [0.25, 0.3) is 0 Å². The number of nitrogens with one attached hydrogen (secondary N) is 1. The Labute approximate surface area is 117 Å². The Balaban J connectivity index is 2.14. The molecule has 0 bridgehead atoms. The molecule has 20 heavy (non-hydrogen) atoms. The monoisotopic (exact) mass is 294 g/mol. The Morgan fingerprint density at radius 3 is 2.40 bits per heavy atom. The van der Waals surface area contributed by atoms with E-state index in [4.69, 9.17) is 5.73 Å². The number of hydrogen-bond donors (Lipinski definition) is 2. The number of nitrogens with two attached hydrogens (primary N) is 1. The van der Waals surface area contributed by atoms with Gasteiger partial charge in [-0.05, 0) is 48.4 Å². The summed E-state index contributed by atoms with van der Waals surface area (Å²) in [6.07, 6.45) is 0. The second kappa shape index (κ2) is 5.50. The maximum absolute atomic E-state index is 13.1. The first kappa shape index (κ1) is 14.3. The van der Waals surface area contributed by atoms with Gasteiger partial charge >= 0.3 is 0 Å². The van der Waals surface area contributed by atoms with Crippen LogP contribution in [-0.2, 0) is 15.8 Å². The van der Waals surface area contributed by atoms with E-state index >= 15 is 0 Å². The molecule has 0 heterocycles. The predicted molar refractivity (Wildman–Crippen MR) is 78.2 cm³/mol. The van der Waals surface area contributed by atoms with Gasteiger partial charge in [-0.25, -0.2) is 12.8 Å². The van der Waals surface area contributed by atoms with Crippen molar-refractivity contribution in [2.24, 2.45) is 0 Å². The number of benzene rings is 2. The van der Waals surface area contributed by atoms with Crippen LogP contribution in [0.4, 0.5) is 15.8 Å². The highest BCUT2D eigenvalue weighted by Gasteiger charge is 2.12. The fourth-order valence-electron chi connectivity index (χ4n) is 1.76. The van der Waals surface area contributed by atoms with Gasteiger partial charge in [0, 0.05) is 11.4 Å². The van der Waals surface area contributed by atoms with Crippen molar-refractivity contribution in [3.05, 3.63) is 59.4 Å². The second-order valence-electron chi connectivity index (χ2n) is 4.57. The lowest BCUT2D eigenvalue weighted by molar-refractivity contribution is 0.600. The minimum Gasteiger partial charge on any atom is -0.399 e. The van der Waals surface area contributed by atoms with Gasteiger partial charge in [0.15, 0.2) is 0 Å². The molecule has 0 fully saturated rings. The molecule has 2 rings (SSSR count). The first-order valence-electron chi connectivity index (χ1n) is 5.97. The zero-order chi connectivity index (χ0) is 14.8. The van der Waals surface area contributed by atoms with E-state index < -0.39 is 10.0 Å². The largest absolute Gasteiger partial charge is 0.399 e. The first-order valence-corrected chi connectivity index (χ1v) is 7.62. The van der Waals surface area contributed by atoms with Gasteiger partial charge in [-0.15, -0.1) is 0 Å². The Hall–Kier alpha value is -2.08. The lowest BCUT2D eigenvalue weighted by Crippen LogP contribution is -2.15. The number of aryl methyl sites for hydroxylation is 1. The summed E-state index contributed by atoms with van der Waals surface area (Å²) in [7, 11) is -3.54. The zero-order valence-corrected chi connectivity index (χ0v) is 11.7. The summed E-state index contributed by atoms with van der Waals surface area (Å²) in [5, 5.41) is 0. The summed E-state index contributed by atoms with van der Waals surface area (Å²) in [6.45, 7) is 1.58. The van der Waals surface area contributed by atoms with E-state index in [9.17, 15) is 12.8 Å². The van der Waals surface area contributed by atoms with Crippen LogP contribution in [0.5, 0.6) is 0 Å². The van der Waals surface area contributed by atoms with Crippen LogP contribution in [0, 0.1) is 12.7 Å². The molecule has 3 N–H and O–H groups in total. The minimum absolute atomic E-state index is 0.163. The molecular weight excluding hydrogens is 279 g/mol. The average Bonchev–Trinajstić information content (AvgIpc) is 2.36. The third kappa shape index (κ3) is 3.71. The van der Waals surface area contributed by atoms with Crippen molar-refractivity contribution in [3.8, 4) is 0 Å². The van der Waals surface area contributed by atoms with Crippen LogP contribution < -0.4 is 10.5 Å². The maximum atomic E-state index is 13.1. The smallest absolute Gasteiger partial charge is 0.236 e. The Bertz CT molecular complexity index is 712. The molecule has 0 saturated carbocycles. The molecule has 2 aromatic carbocycles. The minimum atomic E-state index is -3.54. The third-order valence-corrected chi connectivity index (χ3v) is 4.03. The molecular formula is C14H15FN2O2S. The summed E-state index contributed by atoms with van der Waals surface area (Å²) in [6, 6.07) is 10.7. The molecule has 0 radical (unpaired) electrons. The van der Waals surface area contributed by atoms with Crippen LogP contribution >= 0.6 is 0 Å². The molecule has 0 atom stereocenters. The van der Waals surface area contributed by atoms with E-state index in [2.05, 4.69) is 4.72 Å². The van der Waals surface area contributed by atoms with Gasteiger partial charge in [-0.3, -0.25) is 4.72 Å². The normalized spacial score (nSPS) is 11.3. The predicted octanol–water partition coefficient (Wildman–Crippen LogP) is 2.66. The molecule has 0 unspecified atom stereocenters. The van der Waals surface area contributed by atoms with Crippen LogP contribution in [0.25, 0.3) is 0 Å². The first-order chi connectivity index (χ1) is 9.35. The zero-order valence-electron chi connectivity index (χ0n) is 10.9. The maximum Gasteiger partial charge on any atom is 0.236 e. The van der Waals surface area contributed by atoms with E-state index in [0.29, 0.717) is 22.5 Å². The second-order valence-corrected chi connectivity index (χ2v) is 6.29. The molecule has 0 aliphatic heterocycles. The molecule has 0 spiro atoms. The summed E-state index contributed by atoms with van der Waals surface area (Å²) >= 11 is 0. The van der Waals surface area contributed by atoms with E-state index in [1.54, 1.807) is 31.2 Å². The number of halogens is 1. The van der Waals surface area contributed by atoms with Crippen molar-refractivity contribution in [2.45, 2.75) is 12.7 Å². The van der Waals surface area contributed by atoms with Gasteiger partial charge in [0.2, 0.25) is 10.0 Å². The van der Waals surface area contributed by atoms with Crippen molar-refractivity contribution in [2.75, 3.05) is 10.5 Å². The summed E-state index contributed by atoms with van der Waals surface area (Å²) < 4.78 is 39.6. The Morgan fingerprint density at radius 2 is 1.80 bits per heavy atom. The number of sulfonamides is 1. The Morgan fingerprint density at radius 1 is 1.15 bits per heavy atom. The highest BCUT2D eigenvalue weighted by atomic mass is 32.2. The number of hydrogen-bond acceptors (Lipinski definition) is 3. The van der Waals surface area contributed by atoms with Crippen LogP contribution in [0.1, 0.15) is 11.1 Å². The van der Waals surface area contributed by atoms with Gasteiger partial charge in [-0.1, -0.05) is 12.1 Å². The van der Waals surface area contributed by atoms with Crippen LogP contribution in [0.2, 0.25) is 0 Å². The molecule has 4 nitrogen and oxygen atoms in total. The van der Waals surface area contributed by atoms with Crippen molar-refractivity contribution < 1.29 is 12.8 Å². The topological polar surface area (TPSA) is 72.2 Å². The van der Waals surface area contributed by atoms with Crippen LogP contribution in [-0.4, -0.2) is 8.42 Å². The SMILES string of the molecule is Cc1cc(NS(=O)(=O)Cc2ccc(N)cc2)ccc1F. The highest BCUT2D eigenvalue weighted by molar-refractivity contribution is 7.91. The molecule has 0 aromatic heterocycles. The highest BCUT2D eigenvalue weighted by Crippen LogP contribution is 2.17. The lowest BCUT2D eigenvalue weighted by atomic mass is 10.2. The number of anilines is 2. The average molecular weight is 294 g/mol. The Kier molecular flexibility index (Phi) is 3.94. The quantitative estimate of drug-likeness (QED) is 0.851. The van der Waals surface area contributed by atoms with Crippen molar-refractivity contribution >= 4 is 21.4 Å². The molecule has 0 saturated heterocycles. The molecule has 106 valence electrons. The number of nitrogen functional groups attached to an aromatic ring is 1. The molecule has 0 aliphatic carbocycles. The summed E-state index contributed by atoms with van der Waals surface area (Å²) in [5.41, 5.74) is 7.48. The van der Waals surface area contributed by atoms with Crippen molar-refractivity contribution in [3.63, 3.8) is 0 Å². The van der Waals surface area contributed by atoms with Gasteiger partial charge in [0.1, 0.15) is 5.82 Å². The summed E-state index contributed by atoms with van der Waals surface area (Å²) in [5.74, 6) is -0.532. The molecule has 0 amide bonds. The standard InChI is InChI=1S/C14H15FN2O2S/c1-10-8-13(6-7-14(10)15)17-20(18,19)9-11-2-4-12(16)5-3-11/h2-8,17H,9,16H2,1H3. The molecule has 0 aliphatic rings. The van der Waals surface area contributed by atoms with Crippen molar-refractivity contribution in [1.29, 1.82) is 0 Å². The van der Waals surface area contributed by atoms with E-state index in [-0.39, 0.29) is 11.6 Å². The van der Waals surface area contributed by atoms with E-state index in [0.717, 1.165) is 0 Å². The number of rotatable bonds is 4. The molecule has 6 heteroatoms. The third-order valence-electron chi connectivity index (χ3n) is 2.77. The fraction of sp³-hybridized carbons (Fsp3) is 0.143. The van der Waals surface area contributed by atoms with Crippen LogP contribution in [0.3, 0.4) is 0 Å². The fourth-order valence-corrected chi connectivity index (χ4v) is 2.95. The lowest BCUT2D eigenvalue weighted by Gasteiger charge is -2.09. The van der Waals surface area contributed by atoms with Gasteiger partial charge < -0.3 is 5.73 Å². The van der Waals surface area contributed by atoms with Gasteiger partial charge in [-0.2, -0.15) is 0 Å². The van der Waals surface area contributed by atoms with E-state index in [1.165, 1.54) is 18.2 Å². The van der Waals surface area contributed by atoms with Crippen LogP contribution in [0.15, 0.2) is 42.5 Å². The summed E-state index contributed by atoms with van der Waals surface area (Å²) in [4.78, 5) is 0. The van der Waals surface area contributed by atoms with Gasteiger partial charge in [0.05, 0.1) is 5.75 Å².